The van der Waals surface area contributed by atoms with Crippen molar-refractivity contribution in [1.29, 1.82) is 0 Å². The first-order valence-corrected chi connectivity index (χ1v) is 8.59. The number of methoxy groups -OCH3 is 1. The highest BCUT2D eigenvalue weighted by Crippen LogP contribution is 2.18. The van der Waals surface area contributed by atoms with Gasteiger partial charge >= 0.3 is 5.97 Å². The normalized spacial score (nSPS) is 11.5. The molecule has 0 saturated carbocycles. The molecular weight excluding hydrogens is 348 g/mol. The molecular formula is C16H16N2O6S. The molecule has 0 aliphatic carbocycles. The topological polar surface area (TPSA) is 116 Å². The maximum absolute atomic E-state index is 12.2. The van der Waals surface area contributed by atoms with Crippen LogP contribution in [-0.4, -0.2) is 32.6 Å². The van der Waals surface area contributed by atoms with Crippen LogP contribution in [0.5, 0.6) is 0 Å². The summed E-state index contributed by atoms with van der Waals surface area (Å²) in [4.78, 5) is 23.0. The van der Waals surface area contributed by atoms with Crippen LogP contribution < -0.4 is 4.72 Å². The molecule has 132 valence electrons. The maximum atomic E-state index is 12.2. The van der Waals surface area contributed by atoms with Crippen molar-refractivity contribution in [1.82, 2.24) is 9.88 Å². The smallest absolute Gasteiger partial charge is 0.337 e. The van der Waals surface area contributed by atoms with Crippen LogP contribution in [0.4, 0.5) is 0 Å². The minimum absolute atomic E-state index is 0.0974. The zero-order valence-electron chi connectivity index (χ0n) is 13.8. The third-order valence-electron chi connectivity index (χ3n) is 3.23. The molecule has 0 saturated heterocycles. The summed E-state index contributed by atoms with van der Waals surface area (Å²) in [7, 11) is -2.79. The molecule has 9 heteroatoms. The summed E-state index contributed by atoms with van der Waals surface area (Å²) in [5.41, 5.74) is 1.14. The van der Waals surface area contributed by atoms with Crippen LogP contribution in [0.15, 0.2) is 39.8 Å². The third-order valence-corrected chi connectivity index (χ3v) is 4.82. The van der Waals surface area contributed by atoms with Crippen LogP contribution in [0.25, 0.3) is 6.08 Å². The first-order valence-electron chi connectivity index (χ1n) is 7.10. The zero-order valence-corrected chi connectivity index (χ0v) is 14.6. The number of carbonyl (C=O) groups is 2. The van der Waals surface area contributed by atoms with Gasteiger partial charge in [-0.3, -0.25) is 4.79 Å². The van der Waals surface area contributed by atoms with E-state index in [0.29, 0.717) is 11.1 Å². The van der Waals surface area contributed by atoms with E-state index in [4.69, 9.17) is 4.52 Å². The van der Waals surface area contributed by atoms with Gasteiger partial charge in [0.1, 0.15) is 5.69 Å². The number of aromatic nitrogens is 1. The van der Waals surface area contributed by atoms with Crippen molar-refractivity contribution in [3.63, 3.8) is 0 Å². The molecule has 8 nitrogen and oxygen atoms in total. The van der Waals surface area contributed by atoms with Crippen molar-refractivity contribution in [2.45, 2.75) is 18.7 Å². The second kappa shape index (κ2) is 7.31. The van der Waals surface area contributed by atoms with Crippen LogP contribution in [-0.2, 0) is 19.6 Å². The number of sulfonamides is 1. The van der Waals surface area contributed by atoms with Gasteiger partial charge in [0.05, 0.1) is 12.7 Å². The number of carbonyl (C=O) groups excluding carboxylic acids is 2. The molecule has 0 radical (unpaired) electrons. The number of esters is 1. The van der Waals surface area contributed by atoms with Gasteiger partial charge in [0.2, 0.25) is 0 Å². The van der Waals surface area contributed by atoms with E-state index in [1.807, 2.05) is 4.72 Å². The Labute approximate surface area is 144 Å². The highest BCUT2D eigenvalue weighted by Gasteiger charge is 2.25. The lowest BCUT2D eigenvalue weighted by Crippen LogP contribution is -2.29. The molecule has 1 N–H and O–H groups in total. The maximum Gasteiger partial charge on any atom is 0.337 e. The van der Waals surface area contributed by atoms with Gasteiger partial charge in [-0.2, -0.15) is 0 Å². The van der Waals surface area contributed by atoms with Crippen LogP contribution in [0.2, 0.25) is 0 Å². The lowest BCUT2D eigenvalue weighted by Gasteiger charge is -2.03. The van der Waals surface area contributed by atoms with Crippen LogP contribution in [0.3, 0.4) is 0 Å². The number of benzene rings is 1. The minimum atomic E-state index is -4.07. The van der Waals surface area contributed by atoms with Crippen molar-refractivity contribution in [3.8, 4) is 0 Å². The van der Waals surface area contributed by atoms with Gasteiger partial charge in [-0.25, -0.2) is 17.9 Å². The molecule has 0 fully saturated rings. The zero-order chi connectivity index (χ0) is 18.6. The Morgan fingerprint density at radius 1 is 1.20 bits per heavy atom. The SMILES string of the molecule is COC(=O)c1ccc(C=CC(=O)NS(=O)(=O)c2c(C)noc2C)cc1. The Morgan fingerprint density at radius 3 is 2.36 bits per heavy atom. The van der Waals surface area contributed by atoms with E-state index >= 15 is 0 Å². The molecule has 2 aromatic rings. The minimum Gasteiger partial charge on any atom is -0.465 e. The van der Waals surface area contributed by atoms with Crippen molar-refractivity contribution in [3.05, 3.63) is 52.9 Å². The molecule has 0 spiro atoms. The summed E-state index contributed by atoms with van der Waals surface area (Å²) in [6, 6.07) is 6.26. The number of rotatable bonds is 5. The Morgan fingerprint density at radius 2 is 1.84 bits per heavy atom. The molecule has 0 atom stereocenters. The number of ether oxygens (including phenoxy) is 1. The van der Waals surface area contributed by atoms with Gasteiger partial charge in [0.15, 0.2) is 10.7 Å². The summed E-state index contributed by atoms with van der Waals surface area (Å²) < 4.78 is 35.7. The van der Waals surface area contributed by atoms with Gasteiger partial charge in [0, 0.05) is 6.08 Å². The van der Waals surface area contributed by atoms with Crippen molar-refractivity contribution in [2.75, 3.05) is 7.11 Å². The number of hydrogen-bond acceptors (Lipinski definition) is 7. The summed E-state index contributed by atoms with van der Waals surface area (Å²) in [5, 5.41) is 3.55. The Bertz CT molecular complexity index is 907. The summed E-state index contributed by atoms with van der Waals surface area (Å²) >= 11 is 0. The highest BCUT2D eigenvalue weighted by atomic mass is 32.2. The molecule has 0 bridgehead atoms. The first-order chi connectivity index (χ1) is 11.7. The van der Waals surface area contributed by atoms with E-state index in [1.54, 1.807) is 12.1 Å². The van der Waals surface area contributed by atoms with E-state index in [1.165, 1.54) is 39.2 Å². The van der Waals surface area contributed by atoms with Crippen molar-refractivity contribution < 1.29 is 27.3 Å². The summed E-state index contributed by atoms with van der Waals surface area (Å²) in [6.45, 7) is 2.91. The number of nitrogens with one attached hydrogen (secondary N) is 1. The first kappa shape index (κ1) is 18.4. The Hall–Kier alpha value is -2.94. The molecule has 1 heterocycles. The number of aryl methyl sites for hydroxylation is 2. The van der Waals surface area contributed by atoms with E-state index in [2.05, 4.69) is 9.89 Å². The van der Waals surface area contributed by atoms with Crippen molar-refractivity contribution in [2.24, 2.45) is 0 Å². The number of nitrogens with zero attached hydrogens (tertiary/aromatic N) is 1. The monoisotopic (exact) mass is 364 g/mol. The van der Waals surface area contributed by atoms with Gasteiger partial charge in [-0.05, 0) is 37.6 Å². The van der Waals surface area contributed by atoms with Crippen molar-refractivity contribution >= 4 is 28.0 Å². The fourth-order valence-corrected chi connectivity index (χ4v) is 3.37. The number of amides is 1. The second-order valence-electron chi connectivity index (χ2n) is 5.07. The molecule has 0 aliphatic rings. The van der Waals surface area contributed by atoms with E-state index < -0.39 is 21.9 Å². The highest BCUT2D eigenvalue weighted by molar-refractivity contribution is 7.90. The quantitative estimate of drug-likeness (QED) is 0.633. The van der Waals surface area contributed by atoms with Gasteiger partial charge < -0.3 is 9.26 Å². The van der Waals surface area contributed by atoms with Gasteiger partial charge in [0.25, 0.3) is 15.9 Å². The lowest BCUT2D eigenvalue weighted by atomic mass is 10.1. The lowest BCUT2D eigenvalue weighted by molar-refractivity contribution is -0.114. The molecule has 0 unspecified atom stereocenters. The fraction of sp³-hybridized carbons (Fsp3) is 0.188. The second-order valence-corrected chi connectivity index (χ2v) is 6.69. The van der Waals surface area contributed by atoms with Gasteiger partial charge in [-0.1, -0.05) is 17.3 Å². The summed E-state index contributed by atoms with van der Waals surface area (Å²) in [5.74, 6) is -1.20. The molecule has 1 aromatic heterocycles. The predicted molar refractivity (Wildman–Crippen MR) is 88.1 cm³/mol. The van der Waals surface area contributed by atoms with E-state index in [-0.39, 0.29) is 16.3 Å². The fourth-order valence-electron chi connectivity index (χ4n) is 2.10. The van der Waals surface area contributed by atoms with Crippen LogP contribution in [0, 0.1) is 13.8 Å². The standard InChI is InChI=1S/C16H16N2O6S/c1-10-15(11(2)24-17-10)25(21,22)18-14(19)9-6-12-4-7-13(8-5-12)16(20)23-3/h4-9H,1-3H3,(H,18,19). The Balaban J connectivity index is 2.09. The van der Waals surface area contributed by atoms with Gasteiger partial charge in [-0.15, -0.1) is 0 Å². The number of hydrogen-bond donors (Lipinski definition) is 1. The molecule has 0 aliphatic heterocycles. The average Bonchev–Trinajstić information content (AvgIpc) is 2.91. The predicted octanol–water partition coefficient (Wildman–Crippen LogP) is 1.60. The van der Waals surface area contributed by atoms with E-state index in [0.717, 1.165) is 6.08 Å². The van der Waals surface area contributed by atoms with E-state index in [9.17, 15) is 18.0 Å². The Kier molecular flexibility index (Phi) is 5.38. The molecule has 25 heavy (non-hydrogen) atoms. The summed E-state index contributed by atoms with van der Waals surface area (Å²) in [6.07, 6.45) is 2.49. The largest absolute Gasteiger partial charge is 0.465 e. The van der Waals surface area contributed by atoms with Crippen LogP contribution in [0.1, 0.15) is 27.4 Å². The van der Waals surface area contributed by atoms with Crippen LogP contribution >= 0.6 is 0 Å². The average molecular weight is 364 g/mol. The molecule has 1 amide bonds. The molecule has 2 rings (SSSR count). The molecule has 1 aromatic carbocycles. The third kappa shape index (κ3) is 4.32.